The smallest absolute Gasteiger partial charge is 0.321 e. The number of rotatable bonds is 5. The van der Waals surface area contributed by atoms with Crippen LogP contribution in [0.2, 0.25) is 5.02 Å². The Bertz CT molecular complexity index is 493. The number of aromatic nitrogens is 2. The maximum atomic E-state index is 5.83. The zero-order valence-electron chi connectivity index (χ0n) is 10.5. The Morgan fingerprint density at radius 1 is 1.28 bits per heavy atom. The molecule has 0 radical (unpaired) electrons. The molecule has 1 aromatic carbocycles. The molecule has 1 aromatic heterocycles. The standard InChI is InChI=1S/C13H16ClN3O/c1-9(2)12-16-13(18-17-12)15-8-7-10-3-5-11(14)6-4-10/h3-6,9H,7-8H2,1-2H3,(H,15,16,17). The molecule has 0 aliphatic heterocycles. The molecule has 96 valence electrons. The van der Waals surface area contributed by atoms with E-state index in [1.54, 1.807) is 0 Å². The summed E-state index contributed by atoms with van der Waals surface area (Å²) in [6.07, 6.45) is 0.885. The van der Waals surface area contributed by atoms with Crippen LogP contribution in [-0.4, -0.2) is 16.7 Å². The van der Waals surface area contributed by atoms with Gasteiger partial charge in [-0.2, -0.15) is 4.98 Å². The van der Waals surface area contributed by atoms with Gasteiger partial charge in [-0.15, -0.1) is 0 Å². The highest BCUT2D eigenvalue weighted by molar-refractivity contribution is 6.30. The average Bonchev–Trinajstić information content (AvgIpc) is 2.81. The molecule has 4 nitrogen and oxygen atoms in total. The fraction of sp³-hybridized carbons (Fsp3) is 0.385. The number of nitrogens with zero attached hydrogens (tertiary/aromatic N) is 2. The number of benzene rings is 1. The summed E-state index contributed by atoms with van der Waals surface area (Å²) in [7, 11) is 0. The summed E-state index contributed by atoms with van der Waals surface area (Å²) in [4.78, 5) is 4.25. The SMILES string of the molecule is CC(C)c1noc(NCCc2ccc(Cl)cc2)n1. The van der Waals surface area contributed by atoms with E-state index in [1.165, 1.54) is 5.56 Å². The minimum Gasteiger partial charge on any atom is -0.337 e. The molecule has 2 aromatic rings. The van der Waals surface area contributed by atoms with Crippen molar-refractivity contribution in [3.8, 4) is 0 Å². The Kier molecular flexibility index (Phi) is 4.20. The van der Waals surface area contributed by atoms with E-state index in [2.05, 4.69) is 15.5 Å². The van der Waals surface area contributed by atoms with Crippen molar-refractivity contribution >= 4 is 17.6 Å². The van der Waals surface area contributed by atoms with Gasteiger partial charge in [0.15, 0.2) is 5.82 Å². The van der Waals surface area contributed by atoms with E-state index in [0.29, 0.717) is 6.01 Å². The first kappa shape index (κ1) is 12.9. The van der Waals surface area contributed by atoms with Crippen LogP contribution >= 0.6 is 11.6 Å². The molecule has 0 aliphatic rings. The zero-order valence-corrected chi connectivity index (χ0v) is 11.2. The molecule has 18 heavy (non-hydrogen) atoms. The average molecular weight is 266 g/mol. The third-order valence-corrected chi connectivity index (χ3v) is 2.81. The topological polar surface area (TPSA) is 51.0 Å². The van der Waals surface area contributed by atoms with Crippen molar-refractivity contribution in [1.29, 1.82) is 0 Å². The summed E-state index contributed by atoms with van der Waals surface area (Å²) in [6, 6.07) is 8.28. The lowest BCUT2D eigenvalue weighted by molar-refractivity contribution is 0.419. The van der Waals surface area contributed by atoms with Gasteiger partial charge in [0.25, 0.3) is 0 Å². The van der Waals surface area contributed by atoms with Gasteiger partial charge in [-0.25, -0.2) is 0 Å². The lowest BCUT2D eigenvalue weighted by atomic mass is 10.1. The molecule has 0 bridgehead atoms. The van der Waals surface area contributed by atoms with Crippen LogP contribution in [0.4, 0.5) is 6.01 Å². The molecule has 0 unspecified atom stereocenters. The zero-order chi connectivity index (χ0) is 13.0. The molecule has 1 N–H and O–H groups in total. The minimum absolute atomic E-state index is 0.278. The summed E-state index contributed by atoms with van der Waals surface area (Å²) in [6.45, 7) is 4.81. The Morgan fingerprint density at radius 2 is 2.00 bits per heavy atom. The third-order valence-electron chi connectivity index (χ3n) is 2.56. The van der Waals surface area contributed by atoms with Crippen molar-refractivity contribution in [2.75, 3.05) is 11.9 Å². The second-order valence-electron chi connectivity index (χ2n) is 4.42. The molecular weight excluding hydrogens is 250 g/mol. The summed E-state index contributed by atoms with van der Waals surface area (Å²) in [5, 5.41) is 7.75. The molecule has 5 heteroatoms. The number of nitrogens with one attached hydrogen (secondary N) is 1. The Labute approximate surface area is 111 Å². The Morgan fingerprint density at radius 3 is 2.61 bits per heavy atom. The van der Waals surface area contributed by atoms with Crippen LogP contribution < -0.4 is 5.32 Å². The van der Waals surface area contributed by atoms with Crippen molar-refractivity contribution in [3.63, 3.8) is 0 Å². The highest BCUT2D eigenvalue weighted by Gasteiger charge is 2.08. The maximum absolute atomic E-state index is 5.83. The number of anilines is 1. The van der Waals surface area contributed by atoms with Gasteiger partial charge in [-0.3, -0.25) is 0 Å². The summed E-state index contributed by atoms with van der Waals surface area (Å²) in [5.74, 6) is 1.00. The van der Waals surface area contributed by atoms with Gasteiger partial charge in [-0.05, 0) is 24.1 Å². The highest BCUT2D eigenvalue weighted by Crippen LogP contribution is 2.13. The van der Waals surface area contributed by atoms with E-state index in [1.807, 2.05) is 38.1 Å². The molecule has 0 saturated carbocycles. The predicted octanol–water partition coefficient (Wildman–Crippen LogP) is 3.50. The largest absolute Gasteiger partial charge is 0.337 e. The first-order valence-electron chi connectivity index (χ1n) is 5.97. The molecule has 0 saturated heterocycles. The highest BCUT2D eigenvalue weighted by atomic mass is 35.5. The normalized spacial score (nSPS) is 10.9. The lowest BCUT2D eigenvalue weighted by Gasteiger charge is -2.01. The van der Waals surface area contributed by atoms with E-state index in [0.717, 1.165) is 23.8 Å². The van der Waals surface area contributed by atoms with Crippen molar-refractivity contribution in [2.24, 2.45) is 0 Å². The van der Waals surface area contributed by atoms with Crippen molar-refractivity contribution in [1.82, 2.24) is 10.1 Å². The van der Waals surface area contributed by atoms with Crippen LogP contribution in [0.25, 0.3) is 0 Å². The van der Waals surface area contributed by atoms with Crippen LogP contribution in [0.15, 0.2) is 28.8 Å². The number of halogens is 1. The lowest BCUT2D eigenvalue weighted by Crippen LogP contribution is -2.05. The van der Waals surface area contributed by atoms with E-state index in [4.69, 9.17) is 16.1 Å². The molecule has 2 rings (SSSR count). The Hall–Kier alpha value is -1.55. The van der Waals surface area contributed by atoms with Crippen LogP contribution in [0, 0.1) is 0 Å². The van der Waals surface area contributed by atoms with Gasteiger partial charge >= 0.3 is 6.01 Å². The maximum Gasteiger partial charge on any atom is 0.321 e. The second kappa shape index (κ2) is 5.87. The van der Waals surface area contributed by atoms with Gasteiger partial charge in [0.2, 0.25) is 0 Å². The summed E-state index contributed by atoms with van der Waals surface area (Å²) in [5.41, 5.74) is 1.22. The first-order valence-corrected chi connectivity index (χ1v) is 6.35. The molecular formula is C13H16ClN3O. The van der Waals surface area contributed by atoms with E-state index < -0.39 is 0 Å². The molecule has 0 amide bonds. The van der Waals surface area contributed by atoms with Crippen LogP contribution in [0.3, 0.4) is 0 Å². The molecule has 0 spiro atoms. The van der Waals surface area contributed by atoms with Crippen molar-refractivity contribution in [2.45, 2.75) is 26.2 Å². The van der Waals surface area contributed by atoms with E-state index in [-0.39, 0.29) is 5.92 Å². The number of hydrogen-bond donors (Lipinski definition) is 1. The van der Waals surface area contributed by atoms with Crippen molar-refractivity contribution in [3.05, 3.63) is 40.7 Å². The third kappa shape index (κ3) is 3.47. The first-order chi connectivity index (χ1) is 8.65. The number of hydrogen-bond acceptors (Lipinski definition) is 4. The minimum atomic E-state index is 0.278. The van der Waals surface area contributed by atoms with Gasteiger partial charge in [0, 0.05) is 17.5 Å². The molecule has 0 aliphatic carbocycles. The van der Waals surface area contributed by atoms with Gasteiger partial charge in [0.05, 0.1) is 0 Å². The van der Waals surface area contributed by atoms with Crippen LogP contribution in [-0.2, 0) is 6.42 Å². The van der Waals surface area contributed by atoms with Gasteiger partial charge < -0.3 is 9.84 Å². The van der Waals surface area contributed by atoms with Crippen LogP contribution in [0.5, 0.6) is 0 Å². The Balaban J connectivity index is 1.82. The fourth-order valence-corrected chi connectivity index (χ4v) is 1.63. The van der Waals surface area contributed by atoms with E-state index in [9.17, 15) is 0 Å². The fourth-order valence-electron chi connectivity index (χ4n) is 1.51. The van der Waals surface area contributed by atoms with Crippen molar-refractivity contribution < 1.29 is 4.52 Å². The monoisotopic (exact) mass is 265 g/mol. The van der Waals surface area contributed by atoms with Gasteiger partial charge in [0.1, 0.15) is 0 Å². The second-order valence-corrected chi connectivity index (χ2v) is 4.85. The summed E-state index contributed by atoms with van der Waals surface area (Å²) >= 11 is 5.83. The molecule has 0 atom stereocenters. The molecule has 0 fully saturated rings. The quantitative estimate of drug-likeness (QED) is 0.899. The summed E-state index contributed by atoms with van der Waals surface area (Å²) < 4.78 is 5.09. The molecule has 1 heterocycles. The van der Waals surface area contributed by atoms with E-state index >= 15 is 0 Å². The van der Waals surface area contributed by atoms with Gasteiger partial charge in [-0.1, -0.05) is 42.7 Å². The predicted molar refractivity (Wildman–Crippen MR) is 72.0 cm³/mol. The van der Waals surface area contributed by atoms with Crippen LogP contribution in [0.1, 0.15) is 31.2 Å².